The van der Waals surface area contributed by atoms with Crippen LogP contribution in [0, 0.1) is 17.5 Å². The van der Waals surface area contributed by atoms with E-state index in [0.717, 1.165) is 35.4 Å². The number of aromatic nitrogens is 3. The molecule has 174 valence electrons. The third-order valence-electron chi connectivity index (χ3n) is 4.94. The molecule has 0 spiro atoms. The molecule has 0 aliphatic rings. The highest BCUT2D eigenvalue weighted by Gasteiger charge is 2.18. The molecule has 0 saturated carbocycles. The maximum absolute atomic E-state index is 13.2. The molecule has 0 atom stereocenters. The highest BCUT2D eigenvalue weighted by Crippen LogP contribution is 2.25. The number of anilines is 2. The molecule has 0 bridgehead atoms. The topological polar surface area (TPSA) is 109 Å². The van der Waals surface area contributed by atoms with E-state index in [1.807, 2.05) is 31.2 Å². The number of aryl methyl sites for hydroxylation is 1. The van der Waals surface area contributed by atoms with E-state index in [0.29, 0.717) is 5.82 Å². The zero-order chi connectivity index (χ0) is 24.3. The molecular weight excluding hydrogens is 477 g/mol. The van der Waals surface area contributed by atoms with Gasteiger partial charge in [-0.3, -0.25) is 19.2 Å². The summed E-state index contributed by atoms with van der Waals surface area (Å²) in [6, 6.07) is 18.4. The van der Waals surface area contributed by atoms with Gasteiger partial charge in [0, 0.05) is 5.56 Å². The minimum Gasteiger partial charge on any atom is -0.323 e. The quantitative estimate of drug-likeness (QED) is 0.326. The molecule has 34 heavy (non-hydrogen) atoms. The fourth-order valence-electron chi connectivity index (χ4n) is 3.22. The second-order valence-corrected chi connectivity index (χ2v) is 9.53. The number of amides is 1. The van der Waals surface area contributed by atoms with E-state index in [2.05, 4.69) is 20.2 Å². The molecule has 0 fully saturated rings. The molecule has 1 heterocycles. The van der Waals surface area contributed by atoms with Gasteiger partial charge >= 0.3 is 0 Å². The van der Waals surface area contributed by atoms with Crippen molar-refractivity contribution in [3.63, 3.8) is 0 Å². The number of nitrogens with zero attached hydrogens (tertiary/aromatic N) is 2. The highest BCUT2D eigenvalue weighted by molar-refractivity contribution is 7.92. The van der Waals surface area contributed by atoms with Crippen LogP contribution in [-0.4, -0.2) is 29.1 Å². The van der Waals surface area contributed by atoms with Crippen molar-refractivity contribution in [2.45, 2.75) is 18.4 Å². The fourth-order valence-corrected chi connectivity index (χ4v) is 4.50. The van der Waals surface area contributed by atoms with Gasteiger partial charge < -0.3 is 5.32 Å². The van der Waals surface area contributed by atoms with Crippen molar-refractivity contribution >= 4 is 39.5 Å². The average molecular weight is 498 g/mol. The third-order valence-corrected chi connectivity index (χ3v) is 6.63. The molecule has 0 unspecified atom stereocenters. The van der Waals surface area contributed by atoms with Crippen molar-refractivity contribution in [1.29, 1.82) is 0 Å². The number of aromatic amines is 1. The van der Waals surface area contributed by atoms with Gasteiger partial charge in [0.15, 0.2) is 10.6 Å². The molecule has 0 radical (unpaired) electrons. The molecular formula is C23H20FN5O3S2. The number of carbonyl (C=O) groups excluding carboxylic acids is 1. The molecule has 4 aromatic rings. The summed E-state index contributed by atoms with van der Waals surface area (Å²) in [5.74, 6) is -0.473. The average Bonchev–Trinajstić information content (AvgIpc) is 3.16. The van der Waals surface area contributed by atoms with Crippen LogP contribution in [0.2, 0.25) is 0 Å². The third kappa shape index (κ3) is 5.21. The highest BCUT2D eigenvalue weighted by atomic mass is 32.2. The molecule has 3 aromatic carbocycles. The number of halogens is 1. The van der Waals surface area contributed by atoms with Gasteiger partial charge in [-0.25, -0.2) is 12.8 Å². The number of para-hydroxylation sites is 2. The summed E-state index contributed by atoms with van der Waals surface area (Å²) < 4.78 is 42.8. The smallest absolute Gasteiger partial charge is 0.261 e. The van der Waals surface area contributed by atoms with Crippen LogP contribution < -0.4 is 10.0 Å². The van der Waals surface area contributed by atoms with Crippen LogP contribution in [0.15, 0.2) is 77.7 Å². The number of carbonyl (C=O) groups is 1. The van der Waals surface area contributed by atoms with Crippen LogP contribution in [0.5, 0.6) is 0 Å². The maximum Gasteiger partial charge on any atom is 0.261 e. The van der Waals surface area contributed by atoms with E-state index in [1.165, 1.54) is 6.07 Å². The summed E-state index contributed by atoms with van der Waals surface area (Å²) in [5.41, 5.74) is 2.29. The Balaban J connectivity index is 1.54. The molecule has 8 nitrogen and oxygen atoms in total. The first-order chi connectivity index (χ1) is 16.2. The Hall–Kier alpha value is -3.83. The zero-order valence-electron chi connectivity index (χ0n) is 17.9. The van der Waals surface area contributed by atoms with Crippen molar-refractivity contribution in [3.05, 3.63) is 88.9 Å². The lowest BCUT2D eigenvalue weighted by atomic mass is 10.1. The number of H-pyrrole nitrogens is 1. The second kappa shape index (κ2) is 9.57. The van der Waals surface area contributed by atoms with Gasteiger partial charge in [-0.1, -0.05) is 42.0 Å². The van der Waals surface area contributed by atoms with Crippen molar-refractivity contribution in [3.8, 4) is 11.4 Å². The molecule has 0 aliphatic carbocycles. The van der Waals surface area contributed by atoms with Crippen LogP contribution in [0.4, 0.5) is 15.8 Å². The van der Waals surface area contributed by atoms with Gasteiger partial charge in [0.25, 0.3) is 10.0 Å². The SMILES string of the molecule is Cc1ccc(-c2n[nH]c(=S)n2CC(=O)Nc2ccccc2NS(=O)(=O)c2ccc(F)cc2)cc1. The lowest BCUT2D eigenvalue weighted by Crippen LogP contribution is -2.21. The summed E-state index contributed by atoms with van der Waals surface area (Å²) in [6.45, 7) is 1.83. The van der Waals surface area contributed by atoms with Crippen molar-refractivity contribution in [1.82, 2.24) is 14.8 Å². The monoisotopic (exact) mass is 497 g/mol. The Morgan fingerprint density at radius 2 is 1.68 bits per heavy atom. The number of benzene rings is 3. The number of hydrogen-bond donors (Lipinski definition) is 3. The second-order valence-electron chi connectivity index (χ2n) is 7.46. The van der Waals surface area contributed by atoms with Crippen LogP contribution in [0.1, 0.15) is 5.56 Å². The minimum absolute atomic E-state index is 0.109. The molecule has 1 aromatic heterocycles. The molecule has 11 heteroatoms. The maximum atomic E-state index is 13.2. The summed E-state index contributed by atoms with van der Waals surface area (Å²) in [7, 11) is -4.00. The fraction of sp³-hybridized carbons (Fsp3) is 0.0870. The van der Waals surface area contributed by atoms with E-state index >= 15 is 0 Å². The standard InChI is InChI=1S/C23H20FN5O3S2/c1-15-6-8-16(9-7-15)22-26-27-23(33)29(22)14-21(30)25-19-4-2-3-5-20(19)28-34(31,32)18-12-10-17(24)11-13-18/h2-13,28H,14H2,1H3,(H,25,30)(H,27,33). The first-order valence-electron chi connectivity index (χ1n) is 10.1. The Bertz CT molecular complexity index is 1490. The number of hydrogen-bond acceptors (Lipinski definition) is 5. The molecule has 0 saturated heterocycles. The number of nitrogens with one attached hydrogen (secondary N) is 3. The van der Waals surface area contributed by atoms with Gasteiger partial charge in [-0.15, -0.1) is 0 Å². The van der Waals surface area contributed by atoms with Gasteiger partial charge in [0.1, 0.15) is 12.4 Å². The summed E-state index contributed by atoms with van der Waals surface area (Å²) in [4.78, 5) is 12.7. The molecule has 0 aliphatic heterocycles. The van der Waals surface area contributed by atoms with Crippen LogP contribution in [-0.2, 0) is 21.4 Å². The Kier molecular flexibility index (Phi) is 6.57. The first kappa shape index (κ1) is 23.3. The van der Waals surface area contributed by atoms with E-state index in [4.69, 9.17) is 12.2 Å². The summed E-state index contributed by atoms with van der Waals surface area (Å²) in [5, 5.41) is 9.64. The predicted octanol–water partition coefficient (Wildman–Crippen LogP) is 4.49. The van der Waals surface area contributed by atoms with Gasteiger partial charge in [-0.05, 0) is 55.5 Å². The lowest BCUT2D eigenvalue weighted by Gasteiger charge is -2.14. The minimum atomic E-state index is -4.00. The van der Waals surface area contributed by atoms with Crippen LogP contribution >= 0.6 is 12.2 Å². The molecule has 1 amide bonds. The normalized spacial score (nSPS) is 11.2. The van der Waals surface area contributed by atoms with Crippen LogP contribution in [0.3, 0.4) is 0 Å². The van der Waals surface area contributed by atoms with Crippen LogP contribution in [0.25, 0.3) is 11.4 Å². The van der Waals surface area contributed by atoms with Crippen molar-refractivity contribution in [2.75, 3.05) is 10.0 Å². The Morgan fingerprint density at radius 3 is 2.35 bits per heavy atom. The molecule has 3 N–H and O–H groups in total. The Labute approximate surface area is 200 Å². The van der Waals surface area contributed by atoms with Gasteiger partial charge in [0.2, 0.25) is 5.91 Å². The first-order valence-corrected chi connectivity index (χ1v) is 12.0. The summed E-state index contributed by atoms with van der Waals surface area (Å²) >= 11 is 5.29. The van der Waals surface area contributed by atoms with E-state index in [-0.39, 0.29) is 27.6 Å². The van der Waals surface area contributed by atoms with Gasteiger partial charge in [0.05, 0.1) is 16.3 Å². The lowest BCUT2D eigenvalue weighted by molar-refractivity contribution is -0.116. The summed E-state index contributed by atoms with van der Waals surface area (Å²) in [6.07, 6.45) is 0. The van der Waals surface area contributed by atoms with E-state index in [1.54, 1.807) is 22.8 Å². The number of sulfonamides is 1. The largest absolute Gasteiger partial charge is 0.323 e. The Morgan fingerprint density at radius 1 is 1.03 bits per heavy atom. The van der Waals surface area contributed by atoms with Crippen molar-refractivity contribution < 1.29 is 17.6 Å². The predicted molar refractivity (Wildman–Crippen MR) is 130 cm³/mol. The zero-order valence-corrected chi connectivity index (χ0v) is 19.6. The molecule has 4 rings (SSSR count). The van der Waals surface area contributed by atoms with E-state index < -0.39 is 21.7 Å². The number of rotatable bonds is 7. The van der Waals surface area contributed by atoms with E-state index in [9.17, 15) is 17.6 Å². The van der Waals surface area contributed by atoms with Gasteiger partial charge in [-0.2, -0.15) is 5.10 Å². The van der Waals surface area contributed by atoms with Crippen molar-refractivity contribution in [2.24, 2.45) is 0 Å².